The van der Waals surface area contributed by atoms with Gasteiger partial charge in [-0.05, 0) is 30.2 Å². The minimum absolute atomic E-state index is 0.138. The molecular formula is C13H13BrClNO2. The molecule has 1 heterocycles. The minimum Gasteiger partial charge on any atom is -0.296 e. The largest absolute Gasteiger partial charge is 0.296 e. The molecule has 2 atom stereocenters. The SMILES string of the molecule is CCC1C(=O)NC(=O)CC1c1cc(Br)ccc1Cl. The molecule has 0 aromatic heterocycles. The molecule has 96 valence electrons. The number of carbonyl (C=O) groups is 2. The van der Waals surface area contributed by atoms with Crippen LogP contribution in [0.25, 0.3) is 0 Å². The van der Waals surface area contributed by atoms with Crippen molar-refractivity contribution in [2.75, 3.05) is 0 Å². The summed E-state index contributed by atoms with van der Waals surface area (Å²) in [5, 5.41) is 2.98. The van der Waals surface area contributed by atoms with E-state index in [9.17, 15) is 9.59 Å². The first kappa shape index (κ1) is 13.6. The van der Waals surface area contributed by atoms with Crippen LogP contribution >= 0.6 is 27.5 Å². The summed E-state index contributed by atoms with van der Waals surface area (Å²) >= 11 is 9.57. The number of nitrogens with one attached hydrogen (secondary N) is 1. The molecule has 1 N–H and O–H groups in total. The maximum absolute atomic E-state index is 11.8. The number of hydrogen-bond acceptors (Lipinski definition) is 2. The van der Waals surface area contributed by atoms with E-state index in [0.717, 1.165) is 10.0 Å². The standard InChI is InChI=1S/C13H13BrClNO2/c1-2-8-9(6-12(17)16-13(8)18)10-5-7(14)3-4-11(10)15/h3-5,8-9H,2,6H2,1H3,(H,16,17,18). The first-order valence-corrected chi connectivity index (χ1v) is 6.98. The number of rotatable bonds is 2. The van der Waals surface area contributed by atoms with Crippen LogP contribution < -0.4 is 5.32 Å². The molecule has 2 unspecified atom stereocenters. The van der Waals surface area contributed by atoms with Crippen LogP contribution in [0.3, 0.4) is 0 Å². The Balaban J connectivity index is 2.42. The van der Waals surface area contributed by atoms with Gasteiger partial charge < -0.3 is 0 Å². The van der Waals surface area contributed by atoms with Crippen LogP contribution in [0.2, 0.25) is 5.02 Å². The molecular weight excluding hydrogens is 318 g/mol. The van der Waals surface area contributed by atoms with Gasteiger partial charge >= 0.3 is 0 Å². The van der Waals surface area contributed by atoms with Crippen LogP contribution in [0.4, 0.5) is 0 Å². The zero-order chi connectivity index (χ0) is 13.3. The maximum Gasteiger partial charge on any atom is 0.230 e. The highest BCUT2D eigenvalue weighted by Crippen LogP contribution is 2.38. The summed E-state index contributed by atoms with van der Waals surface area (Å²) < 4.78 is 0.898. The highest BCUT2D eigenvalue weighted by Gasteiger charge is 2.36. The van der Waals surface area contributed by atoms with E-state index in [1.807, 2.05) is 19.1 Å². The van der Waals surface area contributed by atoms with Crippen molar-refractivity contribution in [3.63, 3.8) is 0 Å². The molecule has 3 nitrogen and oxygen atoms in total. The number of imide groups is 1. The Labute approximate surface area is 119 Å². The molecule has 0 radical (unpaired) electrons. The Hall–Kier alpha value is -0.870. The Bertz CT molecular complexity index is 504. The summed E-state index contributed by atoms with van der Waals surface area (Å²) in [5.41, 5.74) is 0.862. The molecule has 0 spiro atoms. The van der Waals surface area contributed by atoms with E-state index in [-0.39, 0.29) is 23.7 Å². The summed E-state index contributed by atoms with van der Waals surface area (Å²) in [5.74, 6) is -0.767. The van der Waals surface area contributed by atoms with E-state index in [1.54, 1.807) is 6.07 Å². The lowest BCUT2D eigenvalue weighted by atomic mass is 9.79. The lowest BCUT2D eigenvalue weighted by Crippen LogP contribution is -2.44. The molecule has 18 heavy (non-hydrogen) atoms. The van der Waals surface area contributed by atoms with Crippen LogP contribution in [0.15, 0.2) is 22.7 Å². The summed E-state index contributed by atoms with van der Waals surface area (Å²) in [4.78, 5) is 23.4. The van der Waals surface area contributed by atoms with E-state index in [0.29, 0.717) is 17.9 Å². The van der Waals surface area contributed by atoms with Gasteiger partial charge in [-0.25, -0.2) is 0 Å². The van der Waals surface area contributed by atoms with Crippen molar-refractivity contribution < 1.29 is 9.59 Å². The Kier molecular flexibility index (Phi) is 4.07. The van der Waals surface area contributed by atoms with E-state index in [2.05, 4.69) is 21.2 Å². The van der Waals surface area contributed by atoms with E-state index < -0.39 is 0 Å². The second kappa shape index (κ2) is 5.41. The van der Waals surface area contributed by atoms with Gasteiger partial charge in [0.25, 0.3) is 0 Å². The third kappa shape index (κ3) is 2.59. The molecule has 2 rings (SSSR count). The minimum atomic E-state index is -0.231. The van der Waals surface area contributed by atoms with E-state index in [1.165, 1.54) is 0 Å². The Morgan fingerprint density at radius 2 is 2.17 bits per heavy atom. The van der Waals surface area contributed by atoms with Crippen molar-refractivity contribution in [2.24, 2.45) is 5.92 Å². The normalized spacial score (nSPS) is 23.9. The maximum atomic E-state index is 11.8. The van der Waals surface area contributed by atoms with Crippen molar-refractivity contribution in [1.29, 1.82) is 0 Å². The Morgan fingerprint density at radius 3 is 2.83 bits per heavy atom. The highest BCUT2D eigenvalue weighted by molar-refractivity contribution is 9.10. The molecule has 0 saturated carbocycles. The predicted octanol–water partition coefficient (Wildman–Crippen LogP) is 3.26. The number of amides is 2. The van der Waals surface area contributed by atoms with Crippen molar-refractivity contribution in [2.45, 2.75) is 25.7 Å². The highest BCUT2D eigenvalue weighted by atomic mass is 79.9. The molecule has 1 aromatic rings. The lowest BCUT2D eigenvalue weighted by molar-refractivity contribution is -0.137. The van der Waals surface area contributed by atoms with Crippen molar-refractivity contribution in [3.8, 4) is 0 Å². The van der Waals surface area contributed by atoms with Crippen LogP contribution in [0, 0.1) is 5.92 Å². The summed E-state index contributed by atoms with van der Waals surface area (Å²) in [6.45, 7) is 1.94. The Morgan fingerprint density at radius 1 is 1.44 bits per heavy atom. The van der Waals surface area contributed by atoms with Crippen LogP contribution in [0.5, 0.6) is 0 Å². The molecule has 1 aromatic carbocycles. The number of halogens is 2. The van der Waals surface area contributed by atoms with Crippen LogP contribution in [-0.2, 0) is 9.59 Å². The molecule has 1 aliphatic rings. The monoisotopic (exact) mass is 329 g/mol. The average Bonchev–Trinajstić information content (AvgIpc) is 2.31. The van der Waals surface area contributed by atoms with E-state index in [4.69, 9.17) is 11.6 Å². The number of hydrogen-bond donors (Lipinski definition) is 1. The molecule has 2 amide bonds. The predicted molar refractivity (Wildman–Crippen MR) is 73.4 cm³/mol. The summed E-state index contributed by atoms with van der Waals surface area (Å²) in [6.07, 6.45) is 0.993. The zero-order valence-electron chi connectivity index (χ0n) is 9.87. The molecule has 0 aliphatic carbocycles. The van der Waals surface area contributed by atoms with Crippen molar-refractivity contribution in [1.82, 2.24) is 5.32 Å². The second-order valence-electron chi connectivity index (χ2n) is 4.40. The van der Waals surface area contributed by atoms with Crippen molar-refractivity contribution in [3.05, 3.63) is 33.3 Å². The zero-order valence-corrected chi connectivity index (χ0v) is 12.2. The fraction of sp³-hybridized carbons (Fsp3) is 0.385. The van der Waals surface area contributed by atoms with Gasteiger partial charge in [0.05, 0.1) is 0 Å². The van der Waals surface area contributed by atoms with Crippen molar-refractivity contribution >= 4 is 39.3 Å². The van der Waals surface area contributed by atoms with Crippen LogP contribution in [0.1, 0.15) is 31.2 Å². The lowest BCUT2D eigenvalue weighted by Gasteiger charge is -2.30. The van der Waals surface area contributed by atoms with Gasteiger partial charge in [0.15, 0.2) is 0 Å². The molecule has 1 saturated heterocycles. The fourth-order valence-corrected chi connectivity index (χ4v) is 3.04. The van der Waals surface area contributed by atoms with Gasteiger partial charge in [-0.3, -0.25) is 14.9 Å². The van der Waals surface area contributed by atoms with Gasteiger partial charge in [-0.15, -0.1) is 0 Å². The fourth-order valence-electron chi connectivity index (χ4n) is 2.40. The molecule has 1 fully saturated rings. The van der Waals surface area contributed by atoms with E-state index >= 15 is 0 Å². The average molecular weight is 331 g/mol. The topological polar surface area (TPSA) is 46.2 Å². The van der Waals surface area contributed by atoms with Gasteiger partial charge in [0.2, 0.25) is 11.8 Å². The van der Waals surface area contributed by atoms with Gasteiger partial charge in [-0.1, -0.05) is 34.5 Å². The van der Waals surface area contributed by atoms with Gasteiger partial charge in [-0.2, -0.15) is 0 Å². The smallest absolute Gasteiger partial charge is 0.230 e. The molecule has 1 aliphatic heterocycles. The summed E-state index contributed by atoms with van der Waals surface area (Å²) in [7, 11) is 0. The van der Waals surface area contributed by atoms with Crippen LogP contribution in [-0.4, -0.2) is 11.8 Å². The first-order valence-electron chi connectivity index (χ1n) is 5.81. The number of piperidine rings is 1. The van der Waals surface area contributed by atoms with Gasteiger partial charge in [0.1, 0.15) is 0 Å². The number of benzene rings is 1. The summed E-state index contributed by atoms with van der Waals surface area (Å²) in [6, 6.07) is 5.52. The first-order chi connectivity index (χ1) is 8.52. The molecule has 0 bridgehead atoms. The third-order valence-electron chi connectivity index (χ3n) is 3.29. The molecule has 5 heteroatoms. The number of carbonyl (C=O) groups excluding carboxylic acids is 2. The third-order valence-corrected chi connectivity index (χ3v) is 4.13. The second-order valence-corrected chi connectivity index (χ2v) is 5.73. The quantitative estimate of drug-likeness (QED) is 0.846. The van der Waals surface area contributed by atoms with Gasteiger partial charge in [0, 0.05) is 27.8 Å².